The quantitative estimate of drug-likeness (QED) is 0.657. The summed E-state index contributed by atoms with van der Waals surface area (Å²) in [5, 5.41) is 2.70. The van der Waals surface area contributed by atoms with E-state index in [1.165, 1.54) is 12.7 Å². The molecule has 0 saturated heterocycles. The van der Waals surface area contributed by atoms with Gasteiger partial charge in [0, 0.05) is 0 Å². The number of hydrogen-bond acceptors (Lipinski definition) is 5. The molecule has 3 rings (SSSR count). The number of benzene rings is 1. The summed E-state index contributed by atoms with van der Waals surface area (Å²) in [5.41, 5.74) is 8.02. The van der Waals surface area contributed by atoms with Crippen LogP contribution in [0.2, 0.25) is 0 Å². The summed E-state index contributed by atoms with van der Waals surface area (Å²) < 4.78 is 0. The second-order valence-electron chi connectivity index (χ2n) is 4.61. The number of carbonyl (C=O) groups is 1. The Morgan fingerprint density at radius 3 is 2.86 bits per heavy atom. The number of aromatic amines is 1. The Morgan fingerprint density at radius 2 is 2.05 bits per heavy atom. The predicted octanol–water partition coefficient (Wildman–Crippen LogP) is 0.861. The highest BCUT2D eigenvalue weighted by Crippen LogP contribution is 2.14. The predicted molar refractivity (Wildman–Crippen MR) is 78.4 cm³/mol. The first-order valence-corrected chi connectivity index (χ1v) is 6.48. The molecule has 0 aliphatic heterocycles. The van der Waals surface area contributed by atoms with Gasteiger partial charge in [0.05, 0.1) is 12.4 Å². The van der Waals surface area contributed by atoms with Crippen LogP contribution >= 0.6 is 0 Å². The molecule has 0 bridgehead atoms. The van der Waals surface area contributed by atoms with Crippen LogP contribution in [-0.4, -0.2) is 31.9 Å². The van der Waals surface area contributed by atoms with Crippen molar-refractivity contribution < 1.29 is 4.79 Å². The van der Waals surface area contributed by atoms with Gasteiger partial charge in [-0.3, -0.25) is 4.79 Å². The van der Waals surface area contributed by atoms with Crippen LogP contribution in [0.1, 0.15) is 5.56 Å². The third-order valence-electron chi connectivity index (χ3n) is 3.10. The summed E-state index contributed by atoms with van der Waals surface area (Å²) >= 11 is 0. The van der Waals surface area contributed by atoms with Crippen LogP contribution in [0.4, 0.5) is 5.82 Å². The lowest BCUT2D eigenvalue weighted by Crippen LogP contribution is -2.37. The highest BCUT2D eigenvalue weighted by molar-refractivity contribution is 5.99. The van der Waals surface area contributed by atoms with Crippen molar-refractivity contribution in [1.29, 1.82) is 0 Å². The van der Waals surface area contributed by atoms with E-state index in [1.54, 1.807) is 0 Å². The minimum atomic E-state index is -0.652. The van der Waals surface area contributed by atoms with Crippen LogP contribution in [-0.2, 0) is 11.2 Å². The number of imidazole rings is 1. The van der Waals surface area contributed by atoms with E-state index in [2.05, 4.69) is 25.3 Å². The molecule has 0 fully saturated rings. The van der Waals surface area contributed by atoms with Gasteiger partial charge in [-0.15, -0.1) is 0 Å². The smallest absolute Gasteiger partial charge is 0.242 e. The van der Waals surface area contributed by atoms with Gasteiger partial charge in [-0.1, -0.05) is 30.3 Å². The van der Waals surface area contributed by atoms with Crippen molar-refractivity contribution in [2.45, 2.75) is 12.5 Å². The highest BCUT2D eigenvalue weighted by Gasteiger charge is 2.16. The maximum absolute atomic E-state index is 12.2. The average molecular weight is 282 g/mol. The van der Waals surface area contributed by atoms with Crippen LogP contribution in [0.25, 0.3) is 11.2 Å². The minimum Gasteiger partial charge on any atom is -0.340 e. The van der Waals surface area contributed by atoms with Crippen molar-refractivity contribution in [3.63, 3.8) is 0 Å². The lowest BCUT2D eigenvalue weighted by atomic mass is 10.1. The molecule has 0 saturated carbocycles. The molecule has 0 spiro atoms. The molecule has 0 unspecified atom stereocenters. The fraction of sp³-hybridized carbons (Fsp3) is 0.143. The van der Waals surface area contributed by atoms with Crippen LogP contribution in [0.5, 0.6) is 0 Å². The third kappa shape index (κ3) is 2.87. The summed E-state index contributed by atoms with van der Waals surface area (Å²) in [6.07, 6.45) is 3.31. The van der Waals surface area contributed by atoms with Gasteiger partial charge in [-0.25, -0.2) is 15.0 Å². The summed E-state index contributed by atoms with van der Waals surface area (Å²) in [5.74, 6) is 0.0828. The zero-order chi connectivity index (χ0) is 14.7. The second-order valence-corrected chi connectivity index (χ2v) is 4.61. The highest BCUT2D eigenvalue weighted by atomic mass is 16.2. The van der Waals surface area contributed by atoms with Crippen LogP contribution in [0.15, 0.2) is 43.0 Å². The number of amides is 1. The molecule has 7 nitrogen and oxygen atoms in total. The van der Waals surface area contributed by atoms with Crippen LogP contribution in [0, 0.1) is 0 Å². The fourth-order valence-corrected chi connectivity index (χ4v) is 2.03. The van der Waals surface area contributed by atoms with E-state index >= 15 is 0 Å². The fourth-order valence-electron chi connectivity index (χ4n) is 2.03. The Hall–Kier alpha value is -2.80. The Morgan fingerprint density at radius 1 is 1.24 bits per heavy atom. The Kier molecular flexibility index (Phi) is 3.57. The number of H-pyrrole nitrogens is 1. The number of nitrogens with zero attached hydrogens (tertiary/aromatic N) is 3. The molecule has 4 N–H and O–H groups in total. The van der Waals surface area contributed by atoms with Gasteiger partial charge < -0.3 is 16.0 Å². The van der Waals surface area contributed by atoms with Crippen LogP contribution in [0.3, 0.4) is 0 Å². The molecule has 2 aromatic heterocycles. The molecule has 106 valence electrons. The lowest BCUT2D eigenvalue weighted by Gasteiger charge is -2.12. The van der Waals surface area contributed by atoms with E-state index in [0.29, 0.717) is 23.4 Å². The summed E-state index contributed by atoms with van der Waals surface area (Å²) in [4.78, 5) is 27.1. The third-order valence-corrected chi connectivity index (χ3v) is 3.10. The number of hydrogen-bond donors (Lipinski definition) is 3. The monoisotopic (exact) mass is 282 g/mol. The molecule has 21 heavy (non-hydrogen) atoms. The van der Waals surface area contributed by atoms with Gasteiger partial charge in [0.25, 0.3) is 0 Å². The molecule has 0 aliphatic rings. The molecular formula is C14H14N6O. The molecule has 3 aromatic rings. The molecule has 1 aromatic carbocycles. The van der Waals surface area contributed by atoms with Gasteiger partial charge in [0.15, 0.2) is 11.5 Å². The lowest BCUT2D eigenvalue weighted by molar-refractivity contribution is -0.117. The van der Waals surface area contributed by atoms with Crippen molar-refractivity contribution in [1.82, 2.24) is 19.9 Å². The normalized spacial score (nSPS) is 12.2. The Bertz CT molecular complexity index is 754. The van der Waals surface area contributed by atoms with E-state index in [-0.39, 0.29) is 5.91 Å². The van der Waals surface area contributed by atoms with Crippen molar-refractivity contribution in [3.8, 4) is 0 Å². The largest absolute Gasteiger partial charge is 0.340 e. The zero-order valence-electron chi connectivity index (χ0n) is 11.2. The van der Waals surface area contributed by atoms with E-state index < -0.39 is 6.04 Å². The first-order chi connectivity index (χ1) is 10.2. The molecule has 1 atom stereocenters. The van der Waals surface area contributed by atoms with E-state index in [9.17, 15) is 4.79 Å². The maximum atomic E-state index is 12.2. The number of nitrogens with one attached hydrogen (secondary N) is 2. The molecular weight excluding hydrogens is 268 g/mol. The van der Waals surface area contributed by atoms with E-state index in [4.69, 9.17) is 5.73 Å². The summed E-state index contributed by atoms with van der Waals surface area (Å²) in [6.45, 7) is 0. The number of fused-ring (bicyclic) bond motifs is 1. The van der Waals surface area contributed by atoms with Crippen molar-refractivity contribution in [3.05, 3.63) is 48.5 Å². The van der Waals surface area contributed by atoms with Gasteiger partial charge in [0.1, 0.15) is 11.8 Å². The SMILES string of the molecule is N[C@@H](Cc1ccccc1)C(=O)Nc1ncnc2nc[nH]c12. The molecule has 2 heterocycles. The molecule has 7 heteroatoms. The van der Waals surface area contributed by atoms with Crippen LogP contribution < -0.4 is 11.1 Å². The van der Waals surface area contributed by atoms with Crippen molar-refractivity contribution in [2.75, 3.05) is 5.32 Å². The van der Waals surface area contributed by atoms with Gasteiger partial charge in [-0.2, -0.15) is 0 Å². The zero-order valence-corrected chi connectivity index (χ0v) is 11.2. The van der Waals surface area contributed by atoms with Gasteiger partial charge in [0.2, 0.25) is 5.91 Å². The topological polar surface area (TPSA) is 110 Å². The first kappa shape index (κ1) is 13.2. The van der Waals surface area contributed by atoms with E-state index in [1.807, 2.05) is 30.3 Å². The van der Waals surface area contributed by atoms with Crippen molar-refractivity contribution >= 4 is 22.9 Å². The maximum Gasteiger partial charge on any atom is 0.242 e. The number of anilines is 1. The van der Waals surface area contributed by atoms with Gasteiger partial charge >= 0.3 is 0 Å². The molecule has 0 radical (unpaired) electrons. The first-order valence-electron chi connectivity index (χ1n) is 6.48. The number of nitrogens with two attached hydrogens (primary N) is 1. The second kappa shape index (κ2) is 5.68. The molecule has 1 amide bonds. The number of rotatable bonds is 4. The number of carbonyl (C=O) groups excluding carboxylic acids is 1. The van der Waals surface area contributed by atoms with E-state index in [0.717, 1.165) is 5.56 Å². The molecule has 0 aliphatic carbocycles. The van der Waals surface area contributed by atoms with Crippen molar-refractivity contribution in [2.24, 2.45) is 5.73 Å². The Balaban J connectivity index is 1.72. The van der Waals surface area contributed by atoms with Gasteiger partial charge in [-0.05, 0) is 12.0 Å². The standard InChI is InChI=1S/C14H14N6O/c15-10(6-9-4-2-1-3-5-9)14(21)20-13-11-12(17-7-16-11)18-8-19-13/h1-5,7-8,10H,6,15H2,(H2,16,17,18,19,20,21)/t10-/m0/s1. The number of aromatic nitrogens is 4. The summed E-state index contributed by atoms with van der Waals surface area (Å²) in [7, 11) is 0. The minimum absolute atomic E-state index is 0.298. The average Bonchev–Trinajstić information content (AvgIpc) is 2.98. The Labute approximate surface area is 120 Å². The summed E-state index contributed by atoms with van der Waals surface area (Å²) in [6, 6.07) is 8.97.